The van der Waals surface area contributed by atoms with Gasteiger partial charge in [-0.2, -0.15) is 0 Å². The van der Waals surface area contributed by atoms with Gasteiger partial charge in [-0.3, -0.25) is 0 Å². The third-order valence-electron chi connectivity index (χ3n) is 3.15. The van der Waals surface area contributed by atoms with Crippen LogP contribution in [0.3, 0.4) is 0 Å². The van der Waals surface area contributed by atoms with Gasteiger partial charge in [-0.15, -0.1) is 0 Å². The molecule has 0 saturated heterocycles. The second-order valence-electron chi connectivity index (χ2n) is 4.62. The SMILES string of the molecule is Cc1ccc(-c2oc(-c3ccccc3)c(F)c2I)cc1. The molecule has 3 aromatic rings. The second-order valence-corrected chi connectivity index (χ2v) is 5.70. The van der Waals surface area contributed by atoms with Gasteiger partial charge in [0.05, 0.1) is 3.57 Å². The van der Waals surface area contributed by atoms with Crippen LogP contribution in [-0.4, -0.2) is 0 Å². The molecule has 3 rings (SSSR count). The maximum Gasteiger partial charge on any atom is 0.183 e. The Morgan fingerprint density at radius 1 is 0.850 bits per heavy atom. The predicted molar refractivity (Wildman–Crippen MR) is 87.0 cm³/mol. The first-order valence-corrected chi connectivity index (χ1v) is 7.35. The van der Waals surface area contributed by atoms with Crippen molar-refractivity contribution in [2.75, 3.05) is 0 Å². The molecule has 20 heavy (non-hydrogen) atoms. The summed E-state index contributed by atoms with van der Waals surface area (Å²) in [7, 11) is 0. The summed E-state index contributed by atoms with van der Waals surface area (Å²) in [5.41, 5.74) is 2.81. The van der Waals surface area contributed by atoms with Crippen LogP contribution < -0.4 is 0 Å². The highest BCUT2D eigenvalue weighted by Gasteiger charge is 2.20. The fraction of sp³-hybridized carbons (Fsp3) is 0.0588. The van der Waals surface area contributed by atoms with Crippen LogP contribution >= 0.6 is 22.6 Å². The quantitative estimate of drug-likeness (QED) is 0.524. The molecule has 2 aromatic carbocycles. The van der Waals surface area contributed by atoms with Gasteiger partial charge in [0.25, 0.3) is 0 Å². The zero-order valence-electron chi connectivity index (χ0n) is 10.9. The van der Waals surface area contributed by atoms with Gasteiger partial charge >= 0.3 is 0 Å². The molecule has 0 bridgehead atoms. The van der Waals surface area contributed by atoms with E-state index in [0.717, 1.165) is 11.1 Å². The minimum absolute atomic E-state index is 0.297. The third-order valence-corrected chi connectivity index (χ3v) is 4.11. The largest absolute Gasteiger partial charge is 0.452 e. The van der Waals surface area contributed by atoms with Crippen LogP contribution in [0.2, 0.25) is 0 Å². The van der Waals surface area contributed by atoms with Gasteiger partial charge in [0.2, 0.25) is 0 Å². The van der Waals surface area contributed by atoms with Crippen LogP contribution in [0.5, 0.6) is 0 Å². The smallest absolute Gasteiger partial charge is 0.183 e. The van der Waals surface area contributed by atoms with Crippen molar-refractivity contribution in [1.29, 1.82) is 0 Å². The van der Waals surface area contributed by atoms with E-state index in [0.29, 0.717) is 15.1 Å². The molecule has 3 heteroatoms. The minimum atomic E-state index is -0.299. The summed E-state index contributed by atoms with van der Waals surface area (Å²) in [5, 5.41) is 0. The lowest BCUT2D eigenvalue weighted by Crippen LogP contribution is -1.80. The number of benzene rings is 2. The number of halogens is 2. The van der Waals surface area contributed by atoms with Crippen molar-refractivity contribution in [1.82, 2.24) is 0 Å². The monoisotopic (exact) mass is 378 g/mol. The van der Waals surface area contributed by atoms with Gasteiger partial charge in [0.15, 0.2) is 17.3 Å². The Morgan fingerprint density at radius 2 is 1.45 bits per heavy atom. The van der Waals surface area contributed by atoms with Gasteiger partial charge in [0, 0.05) is 11.1 Å². The van der Waals surface area contributed by atoms with Gasteiger partial charge in [0.1, 0.15) is 0 Å². The average molecular weight is 378 g/mol. The van der Waals surface area contributed by atoms with Crippen LogP contribution in [0.1, 0.15) is 5.56 Å². The summed E-state index contributed by atoms with van der Waals surface area (Å²) in [6.45, 7) is 2.02. The Balaban J connectivity index is 2.13. The standard InChI is InChI=1S/C17H12FIO/c1-11-7-9-13(10-8-11)17-15(19)14(18)16(20-17)12-5-3-2-4-6-12/h2-10H,1H3. The number of hydrogen-bond acceptors (Lipinski definition) is 1. The van der Waals surface area contributed by atoms with Crippen molar-refractivity contribution in [3.05, 3.63) is 69.5 Å². The lowest BCUT2D eigenvalue weighted by molar-refractivity contribution is 0.557. The molecule has 0 atom stereocenters. The summed E-state index contributed by atoms with van der Waals surface area (Å²) in [5.74, 6) is 0.583. The Hall–Kier alpha value is -1.62. The highest BCUT2D eigenvalue weighted by molar-refractivity contribution is 14.1. The van der Waals surface area contributed by atoms with E-state index in [-0.39, 0.29) is 5.82 Å². The van der Waals surface area contributed by atoms with Crippen molar-refractivity contribution in [3.8, 4) is 22.6 Å². The molecule has 100 valence electrons. The molecule has 1 heterocycles. The van der Waals surface area contributed by atoms with Gasteiger partial charge in [-0.05, 0) is 29.5 Å². The maximum absolute atomic E-state index is 14.4. The van der Waals surface area contributed by atoms with Crippen LogP contribution in [0.4, 0.5) is 4.39 Å². The van der Waals surface area contributed by atoms with E-state index in [9.17, 15) is 4.39 Å². The van der Waals surface area contributed by atoms with Crippen molar-refractivity contribution in [2.45, 2.75) is 6.92 Å². The van der Waals surface area contributed by atoms with Gasteiger partial charge in [-0.25, -0.2) is 4.39 Å². The molecule has 0 unspecified atom stereocenters. The van der Waals surface area contributed by atoms with E-state index in [1.165, 1.54) is 5.56 Å². The second kappa shape index (κ2) is 5.40. The summed E-state index contributed by atoms with van der Waals surface area (Å²) in [4.78, 5) is 0. The zero-order chi connectivity index (χ0) is 14.1. The van der Waals surface area contributed by atoms with Crippen LogP contribution in [0.25, 0.3) is 22.6 Å². The van der Waals surface area contributed by atoms with Crippen molar-refractivity contribution < 1.29 is 8.81 Å². The molecule has 0 spiro atoms. The molecule has 0 N–H and O–H groups in total. The average Bonchev–Trinajstić information content (AvgIpc) is 2.77. The van der Waals surface area contributed by atoms with Gasteiger partial charge in [-0.1, -0.05) is 60.2 Å². The van der Waals surface area contributed by atoms with Crippen LogP contribution in [-0.2, 0) is 0 Å². The van der Waals surface area contributed by atoms with Gasteiger partial charge < -0.3 is 4.42 Å². The zero-order valence-corrected chi connectivity index (χ0v) is 13.0. The van der Waals surface area contributed by atoms with E-state index in [1.807, 2.05) is 84.1 Å². The third kappa shape index (κ3) is 2.38. The molecule has 0 fully saturated rings. The molecular weight excluding hydrogens is 366 g/mol. The summed E-state index contributed by atoms with van der Waals surface area (Å²) in [6, 6.07) is 17.2. The highest BCUT2D eigenvalue weighted by atomic mass is 127. The molecule has 0 amide bonds. The Morgan fingerprint density at radius 3 is 2.10 bits per heavy atom. The number of furan rings is 1. The number of aryl methyl sites for hydroxylation is 1. The Labute approximate surface area is 130 Å². The van der Waals surface area contributed by atoms with E-state index >= 15 is 0 Å². The van der Waals surface area contributed by atoms with E-state index < -0.39 is 0 Å². The molecule has 0 radical (unpaired) electrons. The maximum atomic E-state index is 14.4. The topological polar surface area (TPSA) is 13.1 Å². The minimum Gasteiger partial charge on any atom is -0.452 e. The molecule has 0 saturated carbocycles. The number of hydrogen-bond donors (Lipinski definition) is 0. The van der Waals surface area contributed by atoms with Crippen molar-refractivity contribution in [2.24, 2.45) is 0 Å². The first-order chi connectivity index (χ1) is 9.66. The van der Waals surface area contributed by atoms with Crippen LogP contribution in [0.15, 0.2) is 59.0 Å². The van der Waals surface area contributed by atoms with E-state index in [1.54, 1.807) is 0 Å². The molecular formula is C17H12FIO. The van der Waals surface area contributed by atoms with Crippen molar-refractivity contribution in [3.63, 3.8) is 0 Å². The summed E-state index contributed by atoms with van der Waals surface area (Å²) < 4.78 is 20.7. The van der Waals surface area contributed by atoms with E-state index in [4.69, 9.17) is 4.42 Å². The lowest BCUT2D eigenvalue weighted by Gasteiger charge is -1.99. The predicted octanol–water partition coefficient (Wildman–Crippen LogP) is 5.67. The van der Waals surface area contributed by atoms with Crippen molar-refractivity contribution >= 4 is 22.6 Å². The molecule has 1 aromatic heterocycles. The molecule has 1 nitrogen and oxygen atoms in total. The normalized spacial score (nSPS) is 10.8. The highest BCUT2D eigenvalue weighted by Crippen LogP contribution is 2.36. The Kier molecular flexibility index (Phi) is 3.61. The lowest BCUT2D eigenvalue weighted by atomic mass is 10.1. The molecule has 0 aliphatic rings. The molecule has 0 aliphatic carbocycles. The first-order valence-electron chi connectivity index (χ1n) is 6.27. The summed E-state index contributed by atoms with van der Waals surface area (Å²) in [6.07, 6.45) is 0. The fourth-order valence-electron chi connectivity index (χ4n) is 2.06. The van der Waals surface area contributed by atoms with E-state index in [2.05, 4.69) is 0 Å². The Bertz CT molecular complexity index is 730. The van der Waals surface area contributed by atoms with Crippen LogP contribution in [0, 0.1) is 16.3 Å². The molecule has 0 aliphatic heterocycles. The number of rotatable bonds is 2. The first kappa shape index (κ1) is 13.4. The summed E-state index contributed by atoms with van der Waals surface area (Å²) >= 11 is 2.00. The fourth-order valence-corrected chi connectivity index (χ4v) is 2.72.